The summed E-state index contributed by atoms with van der Waals surface area (Å²) in [6, 6.07) is 14.9. The molecule has 0 aliphatic rings. The zero-order valence-electron chi connectivity index (χ0n) is 11.8. The zero-order chi connectivity index (χ0) is 16.7. The summed E-state index contributed by atoms with van der Waals surface area (Å²) in [5, 5.41) is 7.36. The average molecular weight is 394 g/mol. The number of azide groups is 1. The molecular formula is C14H12BrN5O2S. The molecule has 2 aromatic rings. The summed E-state index contributed by atoms with van der Waals surface area (Å²) in [6.07, 6.45) is 0. The maximum Gasteiger partial charge on any atom is 0.276 e. The van der Waals surface area contributed by atoms with Gasteiger partial charge in [-0.3, -0.25) is 0 Å². The number of rotatable bonds is 6. The zero-order valence-corrected chi connectivity index (χ0v) is 14.2. The molecule has 0 spiro atoms. The molecular weight excluding hydrogens is 382 g/mol. The van der Waals surface area contributed by atoms with Gasteiger partial charge in [0.05, 0.1) is 17.2 Å². The van der Waals surface area contributed by atoms with E-state index in [1.807, 2.05) is 0 Å². The number of sulfonamides is 1. The van der Waals surface area contributed by atoms with Crippen LogP contribution >= 0.6 is 15.9 Å². The van der Waals surface area contributed by atoms with Gasteiger partial charge in [0.2, 0.25) is 0 Å². The van der Waals surface area contributed by atoms with Gasteiger partial charge in [-0.05, 0) is 35.4 Å². The maximum absolute atomic E-state index is 12.2. The molecule has 0 unspecified atom stereocenters. The van der Waals surface area contributed by atoms with Crippen molar-refractivity contribution in [2.24, 2.45) is 10.2 Å². The third-order valence-electron chi connectivity index (χ3n) is 2.82. The first-order chi connectivity index (χ1) is 11.0. The SMILES string of the molecule is [N-]=[N+]=NC/C(=N\NS(=O)(=O)c1ccccc1)c1ccc(Br)cc1. The van der Waals surface area contributed by atoms with Crippen molar-refractivity contribution in [3.05, 3.63) is 75.1 Å². The lowest BCUT2D eigenvalue weighted by atomic mass is 10.1. The molecule has 0 aromatic heterocycles. The van der Waals surface area contributed by atoms with Crippen molar-refractivity contribution in [3.8, 4) is 0 Å². The van der Waals surface area contributed by atoms with Gasteiger partial charge >= 0.3 is 0 Å². The van der Waals surface area contributed by atoms with E-state index in [2.05, 4.69) is 35.9 Å². The fourth-order valence-electron chi connectivity index (χ4n) is 1.70. The number of nitrogens with one attached hydrogen (secondary N) is 1. The van der Waals surface area contributed by atoms with Crippen LogP contribution in [-0.4, -0.2) is 20.7 Å². The standard InChI is InChI=1S/C14H12BrN5O2S/c15-12-8-6-11(7-9-12)14(10-17-19-16)18-20-23(21,22)13-4-2-1-3-5-13/h1-9,20H,10H2/b18-14+. The van der Waals surface area contributed by atoms with Gasteiger partial charge in [-0.2, -0.15) is 18.4 Å². The monoisotopic (exact) mass is 393 g/mol. The van der Waals surface area contributed by atoms with Crippen LogP contribution in [0.1, 0.15) is 5.56 Å². The average Bonchev–Trinajstić information content (AvgIpc) is 2.57. The predicted octanol–water partition coefficient (Wildman–Crippen LogP) is 3.44. The van der Waals surface area contributed by atoms with Gasteiger partial charge in [0, 0.05) is 9.38 Å². The van der Waals surface area contributed by atoms with Gasteiger partial charge in [-0.15, -0.1) is 0 Å². The minimum atomic E-state index is -3.78. The minimum absolute atomic E-state index is 0.0740. The number of halogens is 1. The summed E-state index contributed by atoms with van der Waals surface area (Å²) >= 11 is 3.32. The van der Waals surface area contributed by atoms with Crippen LogP contribution in [0.5, 0.6) is 0 Å². The van der Waals surface area contributed by atoms with Crippen LogP contribution < -0.4 is 4.83 Å². The summed E-state index contributed by atoms with van der Waals surface area (Å²) in [5.41, 5.74) is 9.43. The Labute approximate surface area is 141 Å². The van der Waals surface area contributed by atoms with Gasteiger partial charge in [-0.25, -0.2) is 0 Å². The van der Waals surface area contributed by atoms with Crippen LogP contribution in [-0.2, 0) is 10.0 Å². The Morgan fingerprint density at radius 2 is 1.78 bits per heavy atom. The summed E-state index contributed by atoms with van der Waals surface area (Å²) < 4.78 is 25.2. The maximum atomic E-state index is 12.2. The topological polar surface area (TPSA) is 107 Å². The lowest BCUT2D eigenvalue weighted by molar-refractivity contribution is 0.584. The lowest BCUT2D eigenvalue weighted by Gasteiger charge is -2.07. The predicted molar refractivity (Wildman–Crippen MR) is 91.5 cm³/mol. The van der Waals surface area contributed by atoms with E-state index in [1.165, 1.54) is 12.1 Å². The molecule has 1 N–H and O–H groups in total. The molecule has 118 valence electrons. The Kier molecular flexibility index (Phi) is 5.75. The highest BCUT2D eigenvalue weighted by molar-refractivity contribution is 9.10. The van der Waals surface area contributed by atoms with Crippen molar-refractivity contribution in [3.63, 3.8) is 0 Å². The lowest BCUT2D eigenvalue weighted by Crippen LogP contribution is -2.21. The van der Waals surface area contributed by atoms with Crippen LogP contribution in [0, 0.1) is 0 Å². The van der Waals surface area contributed by atoms with Crippen molar-refractivity contribution in [1.29, 1.82) is 0 Å². The van der Waals surface area contributed by atoms with Crippen molar-refractivity contribution in [2.45, 2.75) is 4.90 Å². The van der Waals surface area contributed by atoms with E-state index in [4.69, 9.17) is 5.53 Å². The molecule has 23 heavy (non-hydrogen) atoms. The fraction of sp³-hybridized carbons (Fsp3) is 0.0714. The van der Waals surface area contributed by atoms with E-state index in [9.17, 15) is 8.42 Å². The van der Waals surface area contributed by atoms with E-state index in [0.717, 1.165) is 4.47 Å². The summed E-state index contributed by atoms with van der Waals surface area (Å²) in [7, 11) is -3.78. The Morgan fingerprint density at radius 1 is 1.13 bits per heavy atom. The minimum Gasteiger partial charge on any atom is -0.200 e. The van der Waals surface area contributed by atoms with Crippen LogP contribution in [0.3, 0.4) is 0 Å². The Bertz CT molecular complexity index is 844. The largest absolute Gasteiger partial charge is 0.276 e. The highest BCUT2D eigenvalue weighted by atomic mass is 79.9. The third kappa shape index (κ3) is 4.82. The van der Waals surface area contributed by atoms with E-state index in [-0.39, 0.29) is 11.4 Å². The van der Waals surface area contributed by atoms with Gasteiger partial charge in [0.25, 0.3) is 10.0 Å². The molecule has 0 saturated carbocycles. The first kappa shape index (κ1) is 17.0. The molecule has 7 nitrogen and oxygen atoms in total. The van der Waals surface area contributed by atoms with Crippen molar-refractivity contribution < 1.29 is 8.42 Å². The number of nitrogens with zero attached hydrogens (tertiary/aromatic N) is 4. The van der Waals surface area contributed by atoms with Crippen molar-refractivity contribution >= 4 is 31.7 Å². The molecule has 0 amide bonds. The smallest absolute Gasteiger partial charge is 0.200 e. The molecule has 0 heterocycles. The Morgan fingerprint density at radius 3 is 2.39 bits per heavy atom. The van der Waals surface area contributed by atoms with Crippen molar-refractivity contribution in [1.82, 2.24) is 4.83 Å². The number of benzene rings is 2. The molecule has 0 saturated heterocycles. The number of hydrogen-bond donors (Lipinski definition) is 1. The molecule has 2 aromatic carbocycles. The van der Waals surface area contributed by atoms with Crippen LogP contribution in [0.4, 0.5) is 0 Å². The highest BCUT2D eigenvalue weighted by Gasteiger charge is 2.13. The number of hydrogen-bond acceptors (Lipinski definition) is 4. The quantitative estimate of drug-likeness (QED) is 0.266. The summed E-state index contributed by atoms with van der Waals surface area (Å²) in [5.74, 6) is 0. The second-order valence-electron chi connectivity index (χ2n) is 4.36. The summed E-state index contributed by atoms with van der Waals surface area (Å²) in [4.78, 5) is 4.94. The van der Waals surface area contributed by atoms with Gasteiger partial charge < -0.3 is 0 Å². The van der Waals surface area contributed by atoms with Crippen LogP contribution in [0.25, 0.3) is 10.4 Å². The second-order valence-corrected chi connectivity index (χ2v) is 6.94. The molecule has 0 atom stereocenters. The first-order valence-corrected chi connectivity index (χ1v) is 8.71. The number of hydrazone groups is 1. The van der Waals surface area contributed by atoms with Crippen molar-refractivity contribution in [2.75, 3.05) is 6.54 Å². The molecule has 9 heteroatoms. The van der Waals surface area contributed by atoms with E-state index >= 15 is 0 Å². The Hall–Kier alpha value is -2.35. The van der Waals surface area contributed by atoms with Gasteiger partial charge in [-0.1, -0.05) is 51.4 Å². The molecule has 2 rings (SSSR count). The van der Waals surface area contributed by atoms with E-state index < -0.39 is 10.0 Å². The van der Waals surface area contributed by atoms with E-state index in [0.29, 0.717) is 11.3 Å². The van der Waals surface area contributed by atoms with Gasteiger partial charge in [0.15, 0.2) is 0 Å². The molecule has 0 fully saturated rings. The summed E-state index contributed by atoms with van der Waals surface area (Å²) in [6.45, 7) is -0.0740. The van der Waals surface area contributed by atoms with Crippen LogP contribution in [0.2, 0.25) is 0 Å². The molecule has 0 bridgehead atoms. The van der Waals surface area contributed by atoms with E-state index in [1.54, 1.807) is 42.5 Å². The molecule has 0 radical (unpaired) electrons. The fourth-order valence-corrected chi connectivity index (χ4v) is 2.82. The Balaban J connectivity index is 2.30. The third-order valence-corrected chi connectivity index (χ3v) is 4.57. The highest BCUT2D eigenvalue weighted by Crippen LogP contribution is 2.12. The van der Waals surface area contributed by atoms with Crippen LogP contribution in [0.15, 0.2) is 74.2 Å². The van der Waals surface area contributed by atoms with Gasteiger partial charge in [0.1, 0.15) is 0 Å². The molecule has 0 aliphatic heterocycles. The second kappa shape index (κ2) is 7.77. The normalized spacial score (nSPS) is 11.6. The first-order valence-electron chi connectivity index (χ1n) is 6.43. The molecule has 0 aliphatic carbocycles.